The van der Waals surface area contributed by atoms with E-state index in [2.05, 4.69) is 27.4 Å². The van der Waals surface area contributed by atoms with Gasteiger partial charge < -0.3 is 15.0 Å². The summed E-state index contributed by atoms with van der Waals surface area (Å²) in [6.45, 7) is 1.40. The Labute approximate surface area is 164 Å². The molecule has 0 aliphatic carbocycles. The van der Waals surface area contributed by atoms with E-state index >= 15 is 0 Å². The zero-order valence-electron chi connectivity index (χ0n) is 15.8. The molecule has 0 atom stereocenters. The van der Waals surface area contributed by atoms with E-state index in [0.717, 1.165) is 24.3 Å². The molecule has 1 aromatic heterocycles. The first-order valence-corrected chi connectivity index (χ1v) is 9.33. The second kappa shape index (κ2) is 8.08. The number of methoxy groups -OCH3 is 1. The smallest absolute Gasteiger partial charge is 0.278 e. The molecule has 4 rings (SSSR count). The molecule has 1 amide bonds. The van der Waals surface area contributed by atoms with Gasteiger partial charge in [-0.15, -0.1) is 0 Å². The van der Waals surface area contributed by atoms with Crippen LogP contribution in [0.2, 0.25) is 0 Å². The van der Waals surface area contributed by atoms with Gasteiger partial charge in [-0.05, 0) is 42.2 Å². The molecular weight excluding hydrogens is 352 g/mol. The first-order valence-electron chi connectivity index (χ1n) is 9.33. The number of amides is 1. The SMILES string of the molecule is COc1cccc(CCNc2cnc(C(=O)N3CCc4ccccc43)cn2)c1. The number of hydrogen-bond donors (Lipinski definition) is 1. The lowest BCUT2D eigenvalue weighted by molar-refractivity contribution is 0.0984. The summed E-state index contributed by atoms with van der Waals surface area (Å²) in [7, 11) is 1.66. The quantitative estimate of drug-likeness (QED) is 0.717. The number of ether oxygens (including phenoxy) is 1. The molecule has 6 nitrogen and oxygen atoms in total. The molecule has 2 aromatic carbocycles. The Morgan fingerprint density at radius 2 is 2.04 bits per heavy atom. The largest absolute Gasteiger partial charge is 0.497 e. The maximum absolute atomic E-state index is 12.8. The highest BCUT2D eigenvalue weighted by molar-refractivity contribution is 6.05. The zero-order chi connectivity index (χ0) is 19.3. The lowest BCUT2D eigenvalue weighted by atomic mass is 10.1. The van der Waals surface area contributed by atoms with Crippen LogP contribution in [0.4, 0.5) is 11.5 Å². The minimum absolute atomic E-state index is 0.111. The Kier molecular flexibility index (Phi) is 5.19. The van der Waals surface area contributed by atoms with Crippen molar-refractivity contribution < 1.29 is 9.53 Å². The van der Waals surface area contributed by atoms with Gasteiger partial charge in [0.2, 0.25) is 0 Å². The Morgan fingerprint density at radius 1 is 1.14 bits per heavy atom. The van der Waals surface area contributed by atoms with Gasteiger partial charge in [0.25, 0.3) is 5.91 Å². The molecule has 2 heterocycles. The second-order valence-corrected chi connectivity index (χ2v) is 6.65. The van der Waals surface area contributed by atoms with E-state index in [1.54, 1.807) is 18.2 Å². The summed E-state index contributed by atoms with van der Waals surface area (Å²) in [5, 5.41) is 3.24. The third kappa shape index (κ3) is 3.81. The molecule has 3 aromatic rings. The Balaban J connectivity index is 1.35. The third-order valence-electron chi connectivity index (χ3n) is 4.86. The lowest BCUT2D eigenvalue weighted by Gasteiger charge is -2.16. The Hall–Kier alpha value is -3.41. The van der Waals surface area contributed by atoms with Crippen LogP contribution in [0, 0.1) is 0 Å². The van der Waals surface area contributed by atoms with E-state index in [0.29, 0.717) is 24.6 Å². The lowest BCUT2D eigenvalue weighted by Crippen LogP contribution is -2.29. The van der Waals surface area contributed by atoms with E-state index in [1.165, 1.54) is 17.3 Å². The van der Waals surface area contributed by atoms with Gasteiger partial charge in [0.1, 0.15) is 17.3 Å². The Bertz CT molecular complexity index is 972. The third-order valence-corrected chi connectivity index (χ3v) is 4.86. The molecule has 28 heavy (non-hydrogen) atoms. The van der Waals surface area contributed by atoms with Crippen molar-refractivity contribution in [1.29, 1.82) is 0 Å². The monoisotopic (exact) mass is 374 g/mol. The molecule has 0 radical (unpaired) electrons. The number of fused-ring (bicyclic) bond motifs is 1. The molecular formula is C22H22N4O2. The highest BCUT2D eigenvalue weighted by Crippen LogP contribution is 2.28. The summed E-state index contributed by atoms with van der Waals surface area (Å²) in [4.78, 5) is 23.2. The maximum atomic E-state index is 12.8. The molecule has 6 heteroatoms. The van der Waals surface area contributed by atoms with Gasteiger partial charge in [0.05, 0.1) is 19.5 Å². The molecule has 0 saturated carbocycles. The van der Waals surface area contributed by atoms with Crippen molar-refractivity contribution in [2.24, 2.45) is 0 Å². The number of hydrogen-bond acceptors (Lipinski definition) is 5. The minimum atomic E-state index is -0.111. The number of nitrogens with one attached hydrogen (secondary N) is 1. The van der Waals surface area contributed by atoms with Crippen LogP contribution in [-0.2, 0) is 12.8 Å². The van der Waals surface area contributed by atoms with E-state index in [1.807, 2.05) is 36.4 Å². The summed E-state index contributed by atoms with van der Waals surface area (Å²) < 4.78 is 5.24. The molecule has 1 aliphatic rings. The minimum Gasteiger partial charge on any atom is -0.497 e. The van der Waals surface area contributed by atoms with Gasteiger partial charge in [-0.3, -0.25) is 4.79 Å². The van der Waals surface area contributed by atoms with Gasteiger partial charge in [0.15, 0.2) is 0 Å². The van der Waals surface area contributed by atoms with Crippen LogP contribution in [0.15, 0.2) is 60.9 Å². The molecule has 0 saturated heterocycles. The number of aromatic nitrogens is 2. The molecule has 0 fully saturated rings. The van der Waals surface area contributed by atoms with Crippen LogP contribution < -0.4 is 15.0 Å². The van der Waals surface area contributed by atoms with Crippen LogP contribution in [0.25, 0.3) is 0 Å². The van der Waals surface area contributed by atoms with E-state index < -0.39 is 0 Å². The standard InChI is InChI=1S/C22H22N4O2/c1-28-18-7-4-5-16(13-18)9-11-23-21-15-24-19(14-25-21)22(27)26-12-10-17-6-2-3-8-20(17)26/h2-8,13-15H,9-12H2,1H3,(H,23,25). The number of nitrogens with zero attached hydrogens (tertiary/aromatic N) is 3. The summed E-state index contributed by atoms with van der Waals surface area (Å²) >= 11 is 0. The summed E-state index contributed by atoms with van der Waals surface area (Å²) in [5.41, 5.74) is 3.70. The summed E-state index contributed by atoms with van der Waals surface area (Å²) in [6.07, 6.45) is 4.86. The molecule has 0 spiro atoms. The van der Waals surface area contributed by atoms with Crippen molar-refractivity contribution in [3.8, 4) is 5.75 Å². The van der Waals surface area contributed by atoms with E-state index in [-0.39, 0.29) is 5.91 Å². The fourth-order valence-electron chi connectivity index (χ4n) is 3.38. The Morgan fingerprint density at radius 3 is 2.86 bits per heavy atom. The average Bonchev–Trinajstić information content (AvgIpc) is 3.18. The van der Waals surface area contributed by atoms with E-state index in [4.69, 9.17) is 4.74 Å². The van der Waals surface area contributed by atoms with Crippen molar-refractivity contribution in [3.05, 3.63) is 77.7 Å². The topological polar surface area (TPSA) is 67.3 Å². The summed E-state index contributed by atoms with van der Waals surface area (Å²) in [5.74, 6) is 1.39. The maximum Gasteiger partial charge on any atom is 0.278 e. The van der Waals surface area contributed by atoms with E-state index in [9.17, 15) is 4.79 Å². The first-order chi connectivity index (χ1) is 13.7. The number of anilines is 2. The van der Waals surface area contributed by atoms with Crippen molar-refractivity contribution >= 4 is 17.4 Å². The second-order valence-electron chi connectivity index (χ2n) is 6.65. The van der Waals surface area contributed by atoms with Gasteiger partial charge in [0, 0.05) is 18.8 Å². The molecule has 142 valence electrons. The molecule has 0 unspecified atom stereocenters. The molecule has 1 aliphatic heterocycles. The number of benzene rings is 2. The average molecular weight is 374 g/mol. The number of rotatable bonds is 6. The predicted octanol–water partition coefficient (Wildman–Crippen LogP) is 3.34. The van der Waals surface area contributed by atoms with Crippen LogP contribution in [0.5, 0.6) is 5.75 Å². The highest BCUT2D eigenvalue weighted by atomic mass is 16.5. The summed E-state index contributed by atoms with van der Waals surface area (Å²) in [6, 6.07) is 16.0. The fourth-order valence-corrected chi connectivity index (χ4v) is 3.38. The van der Waals surface area contributed by atoms with Crippen LogP contribution in [0.1, 0.15) is 21.6 Å². The van der Waals surface area contributed by atoms with Crippen molar-refractivity contribution in [2.75, 3.05) is 30.4 Å². The van der Waals surface area contributed by atoms with Gasteiger partial charge in [-0.1, -0.05) is 30.3 Å². The first kappa shape index (κ1) is 18.0. The number of carbonyl (C=O) groups excluding carboxylic acids is 1. The molecule has 1 N–H and O–H groups in total. The highest BCUT2D eigenvalue weighted by Gasteiger charge is 2.26. The fraction of sp³-hybridized carbons (Fsp3) is 0.227. The molecule has 0 bridgehead atoms. The normalized spacial score (nSPS) is 12.5. The van der Waals surface area contributed by atoms with Crippen LogP contribution >= 0.6 is 0 Å². The van der Waals surface area contributed by atoms with Crippen molar-refractivity contribution in [2.45, 2.75) is 12.8 Å². The van der Waals surface area contributed by atoms with Gasteiger partial charge in [-0.2, -0.15) is 0 Å². The van der Waals surface area contributed by atoms with Crippen molar-refractivity contribution in [1.82, 2.24) is 9.97 Å². The zero-order valence-corrected chi connectivity index (χ0v) is 15.8. The predicted molar refractivity (Wildman–Crippen MR) is 109 cm³/mol. The van der Waals surface area contributed by atoms with Crippen molar-refractivity contribution in [3.63, 3.8) is 0 Å². The number of para-hydroxylation sites is 1. The van der Waals surface area contributed by atoms with Crippen LogP contribution in [-0.4, -0.2) is 36.1 Å². The van der Waals surface area contributed by atoms with Gasteiger partial charge in [-0.25, -0.2) is 9.97 Å². The van der Waals surface area contributed by atoms with Gasteiger partial charge >= 0.3 is 0 Å². The number of carbonyl (C=O) groups is 1. The van der Waals surface area contributed by atoms with Crippen LogP contribution in [0.3, 0.4) is 0 Å².